The first kappa shape index (κ1) is 40.1. The average Bonchev–Trinajstić information content (AvgIpc) is 3.75. The van der Waals surface area contributed by atoms with Crippen molar-refractivity contribution >= 4 is 56.5 Å². The molecule has 0 fully saturated rings. The van der Waals surface area contributed by atoms with Crippen LogP contribution in [-0.4, -0.2) is 11.1 Å². The fourth-order valence-corrected chi connectivity index (χ4v) is 8.98. The Labute approximate surface area is 366 Å². The maximum absolute atomic E-state index is 3.32. The standard InChI is InChI=1S/C57H47N3.C2H6/c1-2-44(30-34-52-39-48-18-14-15-24-55(48)59(52)50-21-8-4-9-22-50)47-31-35-57-54(40-47)53-23-10-5-11-25-56(53)60(57)51-32-27-42(28-33-51)36-37-58(49-19-6-3-7-20-49)41-43-26-29-45-16-12-13-17-46(45)38-43;1-2/h3-4,6-35,38,40H,2,36-37,39,41H2,1H3;1-2H3/b44-30+,52-34+;. The third-order valence-electron chi connectivity index (χ3n) is 12.0. The number of allylic oxidation sites excluding steroid dienone is 5. The Bertz CT molecular complexity index is 3100. The molecule has 62 heavy (non-hydrogen) atoms. The summed E-state index contributed by atoms with van der Waals surface area (Å²) in [5, 5.41) is 6.20. The molecule has 0 amide bonds. The van der Waals surface area contributed by atoms with Crippen LogP contribution in [0.5, 0.6) is 0 Å². The minimum Gasteiger partial charge on any atom is -0.367 e. The van der Waals surface area contributed by atoms with Crippen molar-refractivity contribution in [3.8, 4) is 5.69 Å². The van der Waals surface area contributed by atoms with E-state index in [0.29, 0.717) is 0 Å². The molecule has 0 saturated heterocycles. The summed E-state index contributed by atoms with van der Waals surface area (Å²) in [5.41, 5.74) is 17.2. The van der Waals surface area contributed by atoms with Crippen molar-refractivity contribution in [3.63, 3.8) is 0 Å². The highest BCUT2D eigenvalue weighted by Gasteiger charge is 2.24. The second-order valence-electron chi connectivity index (χ2n) is 15.7. The van der Waals surface area contributed by atoms with Crippen LogP contribution in [0.25, 0.3) is 45.1 Å². The molecule has 2 aliphatic rings. The van der Waals surface area contributed by atoms with E-state index in [0.717, 1.165) is 38.0 Å². The van der Waals surface area contributed by atoms with Gasteiger partial charge in [-0.15, -0.1) is 5.73 Å². The topological polar surface area (TPSA) is 11.4 Å². The summed E-state index contributed by atoms with van der Waals surface area (Å²) in [5.74, 6) is 0. The highest BCUT2D eigenvalue weighted by Crippen LogP contribution is 2.40. The van der Waals surface area contributed by atoms with Gasteiger partial charge in [-0.25, -0.2) is 0 Å². The molecule has 0 bridgehead atoms. The van der Waals surface area contributed by atoms with Crippen LogP contribution >= 0.6 is 0 Å². The van der Waals surface area contributed by atoms with Crippen LogP contribution in [0.2, 0.25) is 0 Å². The van der Waals surface area contributed by atoms with Gasteiger partial charge in [0.05, 0.1) is 10.9 Å². The van der Waals surface area contributed by atoms with E-state index in [-0.39, 0.29) is 0 Å². The van der Waals surface area contributed by atoms with Crippen molar-refractivity contribution in [2.75, 3.05) is 16.3 Å². The Hall–Kier alpha value is -7.32. The molecule has 10 rings (SSSR count). The first-order chi connectivity index (χ1) is 30.7. The molecule has 0 spiro atoms. The third kappa shape index (κ3) is 8.24. The largest absolute Gasteiger partial charge is 0.367 e. The third-order valence-corrected chi connectivity index (χ3v) is 12.0. The molecule has 0 unspecified atom stereocenters. The molecule has 2 heterocycles. The summed E-state index contributed by atoms with van der Waals surface area (Å²) < 4.78 is 2.41. The minimum absolute atomic E-state index is 0.858. The van der Waals surface area contributed by atoms with E-state index in [9.17, 15) is 0 Å². The second kappa shape index (κ2) is 18.5. The number of fused-ring (bicyclic) bond motifs is 5. The van der Waals surface area contributed by atoms with Gasteiger partial charge in [0.1, 0.15) is 0 Å². The maximum Gasteiger partial charge on any atom is 0.0547 e. The fourth-order valence-electron chi connectivity index (χ4n) is 8.98. The Morgan fingerprint density at radius 1 is 0.661 bits per heavy atom. The molecule has 3 heteroatoms. The van der Waals surface area contributed by atoms with Gasteiger partial charge in [-0.3, -0.25) is 0 Å². The van der Waals surface area contributed by atoms with E-state index in [1.807, 2.05) is 26.0 Å². The van der Waals surface area contributed by atoms with Gasteiger partial charge in [-0.1, -0.05) is 136 Å². The molecule has 0 radical (unpaired) electrons. The van der Waals surface area contributed by atoms with Gasteiger partial charge >= 0.3 is 0 Å². The van der Waals surface area contributed by atoms with E-state index in [4.69, 9.17) is 0 Å². The van der Waals surface area contributed by atoms with Gasteiger partial charge in [0.15, 0.2) is 0 Å². The molecule has 1 aromatic heterocycles. The number of anilines is 3. The van der Waals surface area contributed by atoms with Gasteiger partial charge in [0.25, 0.3) is 0 Å². The van der Waals surface area contributed by atoms with E-state index < -0.39 is 0 Å². The number of para-hydroxylation sites is 3. The van der Waals surface area contributed by atoms with Crippen molar-refractivity contribution < 1.29 is 0 Å². The number of rotatable bonds is 11. The number of hydrogen-bond acceptors (Lipinski definition) is 2. The molecule has 0 atom stereocenters. The van der Waals surface area contributed by atoms with Crippen molar-refractivity contribution in [1.82, 2.24) is 4.57 Å². The molecule has 0 saturated carbocycles. The van der Waals surface area contributed by atoms with Crippen LogP contribution in [0.1, 0.15) is 49.4 Å². The monoisotopic (exact) mass is 803 g/mol. The summed E-state index contributed by atoms with van der Waals surface area (Å²) in [6, 6.07) is 61.9. The smallest absolute Gasteiger partial charge is 0.0547 e. The normalized spacial score (nSPS) is 13.6. The van der Waals surface area contributed by atoms with Crippen molar-refractivity contribution in [2.45, 2.75) is 46.6 Å². The summed E-state index contributed by atoms with van der Waals surface area (Å²) in [4.78, 5) is 4.91. The Kier molecular flexibility index (Phi) is 12.0. The number of benzene rings is 7. The Balaban J connectivity index is 0.00000242. The van der Waals surface area contributed by atoms with Crippen molar-refractivity contribution in [1.29, 1.82) is 0 Å². The predicted molar refractivity (Wildman–Crippen MR) is 266 cm³/mol. The molecular formula is C59H53N3. The highest BCUT2D eigenvalue weighted by atomic mass is 15.2. The number of nitrogens with zero attached hydrogens (tertiary/aromatic N) is 3. The lowest BCUT2D eigenvalue weighted by Crippen LogP contribution is -2.27. The lowest BCUT2D eigenvalue weighted by atomic mass is 10.0. The molecule has 1 aliphatic carbocycles. The number of hydrogen-bond donors (Lipinski definition) is 0. The van der Waals surface area contributed by atoms with Crippen LogP contribution in [0.3, 0.4) is 0 Å². The molecule has 8 aromatic rings. The molecule has 7 aromatic carbocycles. The van der Waals surface area contributed by atoms with Crippen molar-refractivity contribution in [2.24, 2.45) is 0 Å². The number of aromatic nitrogens is 1. The molecule has 3 nitrogen and oxygen atoms in total. The summed E-state index contributed by atoms with van der Waals surface area (Å²) in [6.45, 7) is 8.04. The lowest BCUT2D eigenvalue weighted by Gasteiger charge is -2.25. The maximum atomic E-state index is 3.32. The summed E-state index contributed by atoms with van der Waals surface area (Å²) >= 11 is 0. The van der Waals surface area contributed by atoms with Gasteiger partial charge < -0.3 is 14.4 Å². The zero-order valence-corrected chi connectivity index (χ0v) is 36.0. The van der Waals surface area contributed by atoms with Gasteiger partial charge in [-0.2, -0.15) is 0 Å². The second-order valence-corrected chi connectivity index (χ2v) is 15.7. The summed E-state index contributed by atoms with van der Waals surface area (Å²) in [6.07, 6.45) is 15.9. The van der Waals surface area contributed by atoms with E-state index >= 15 is 0 Å². The molecular weight excluding hydrogens is 751 g/mol. The average molecular weight is 804 g/mol. The van der Waals surface area contributed by atoms with E-state index in [1.54, 1.807) is 0 Å². The van der Waals surface area contributed by atoms with Crippen LogP contribution in [-0.2, 0) is 19.4 Å². The molecule has 0 N–H and O–H groups in total. The van der Waals surface area contributed by atoms with E-state index in [1.165, 1.54) is 82.8 Å². The van der Waals surface area contributed by atoms with Crippen LogP contribution in [0, 0.1) is 0 Å². The van der Waals surface area contributed by atoms with Crippen LogP contribution in [0.15, 0.2) is 206 Å². The quantitative estimate of drug-likeness (QED) is 0.121. The first-order valence-electron chi connectivity index (χ1n) is 22.2. The van der Waals surface area contributed by atoms with Gasteiger partial charge in [-0.05, 0) is 142 Å². The van der Waals surface area contributed by atoms with E-state index in [2.05, 4.69) is 221 Å². The zero-order chi connectivity index (χ0) is 42.3. The highest BCUT2D eigenvalue weighted by molar-refractivity contribution is 5.89. The Morgan fingerprint density at radius 2 is 1.37 bits per heavy atom. The molecule has 1 aliphatic heterocycles. The fraction of sp³-hybridized carbons (Fsp3) is 0.136. The zero-order valence-electron chi connectivity index (χ0n) is 36.0. The SMILES string of the molecule is CC.CC/C(=C\C=C1/Cc2ccccc2N1c1ccccc1)c1ccc2c(c1)c1c(n2-c2ccc(CCN(Cc3ccc4ccccc4c3)c3ccccc3)cc2)=CC=C=CC=1. The van der Waals surface area contributed by atoms with Gasteiger partial charge in [0, 0.05) is 58.6 Å². The summed E-state index contributed by atoms with van der Waals surface area (Å²) in [7, 11) is 0. The Morgan fingerprint density at radius 3 is 2.18 bits per heavy atom. The van der Waals surface area contributed by atoms with Crippen LogP contribution < -0.4 is 20.4 Å². The van der Waals surface area contributed by atoms with Crippen LogP contribution in [0.4, 0.5) is 17.1 Å². The first-order valence-corrected chi connectivity index (χ1v) is 22.2. The van der Waals surface area contributed by atoms with Gasteiger partial charge in [0.2, 0.25) is 0 Å². The minimum atomic E-state index is 0.858. The molecule has 304 valence electrons. The lowest BCUT2D eigenvalue weighted by molar-refractivity contribution is 0.782. The predicted octanol–water partition coefficient (Wildman–Crippen LogP) is 13.4. The van der Waals surface area contributed by atoms with Crippen molar-refractivity contribution in [3.05, 3.63) is 238 Å².